The van der Waals surface area contributed by atoms with Crippen molar-refractivity contribution in [2.45, 2.75) is 70.9 Å². The maximum atomic E-state index is 12.7. The van der Waals surface area contributed by atoms with Gasteiger partial charge in [0.1, 0.15) is 0 Å². The molecule has 2 saturated carbocycles. The summed E-state index contributed by atoms with van der Waals surface area (Å²) in [6.45, 7) is 2.66. The summed E-state index contributed by atoms with van der Waals surface area (Å²) in [7, 11) is 0. The average molecular weight is 398 g/mol. The predicted molar refractivity (Wildman–Crippen MR) is 114 cm³/mol. The lowest BCUT2D eigenvalue weighted by Gasteiger charge is -2.33. The molecule has 2 aromatic rings. The van der Waals surface area contributed by atoms with Crippen LogP contribution < -0.4 is 16.6 Å². The lowest BCUT2D eigenvalue weighted by atomic mass is 9.80. The van der Waals surface area contributed by atoms with Crippen LogP contribution >= 0.6 is 0 Å². The fourth-order valence-electron chi connectivity index (χ4n) is 5.06. The van der Waals surface area contributed by atoms with Crippen molar-refractivity contribution in [3.05, 3.63) is 45.1 Å². The van der Waals surface area contributed by atoms with Gasteiger partial charge in [-0.1, -0.05) is 31.9 Å². The molecule has 1 heterocycles. The molecule has 2 fully saturated rings. The number of amides is 1. The van der Waals surface area contributed by atoms with Crippen molar-refractivity contribution in [1.29, 1.82) is 0 Å². The summed E-state index contributed by atoms with van der Waals surface area (Å²) in [6, 6.07) is 7.44. The molecule has 2 aliphatic rings. The Kier molecular flexibility index (Phi) is 5.88. The van der Waals surface area contributed by atoms with E-state index in [9.17, 15) is 14.4 Å². The van der Waals surface area contributed by atoms with Crippen LogP contribution in [0.1, 0.15) is 58.3 Å². The van der Waals surface area contributed by atoms with Crippen molar-refractivity contribution in [2.75, 3.05) is 0 Å². The van der Waals surface area contributed by atoms with E-state index in [1.54, 1.807) is 12.1 Å². The zero-order valence-corrected chi connectivity index (χ0v) is 17.2. The normalized spacial score (nSPS) is 27.6. The Morgan fingerprint density at radius 2 is 1.79 bits per heavy atom. The molecule has 4 rings (SSSR count). The number of fused-ring (bicyclic) bond motifs is 1. The van der Waals surface area contributed by atoms with Crippen LogP contribution in [0.15, 0.2) is 33.9 Å². The SMILES string of the molecule is CC1CCCCC1NC(=O)C1CCC(Cn2c(=O)[nH]c3ccccc3c2=O)CC1. The summed E-state index contributed by atoms with van der Waals surface area (Å²) in [4.78, 5) is 40.6. The Bertz CT molecular complexity index is 985. The fraction of sp³-hybridized carbons (Fsp3) is 0.609. The summed E-state index contributed by atoms with van der Waals surface area (Å²) in [5, 5.41) is 3.84. The molecule has 29 heavy (non-hydrogen) atoms. The van der Waals surface area contributed by atoms with Crippen LogP contribution in [-0.4, -0.2) is 21.5 Å². The second-order valence-electron chi connectivity index (χ2n) is 8.99. The lowest BCUT2D eigenvalue weighted by Crippen LogP contribution is -2.44. The monoisotopic (exact) mass is 397 g/mol. The van der Waals surface area contributed by atoms with Gasteiger partial charge in [-0.25, -0.2) is 4.79 Å². The Labute approximate surface area is 170 Å². The molecular formula is C23H31N3O3. The van der Waals surface area contributed by atoms with Crippen LogP contribution in [0, 0.1) is 17.8 Å². The van der Waals surface area contributed by atoms with Crippen molar-refractivity contribution in [3.63, 3.8) is 0 Å². The van der Waals surface area contributed by atoms with Crippen molar-refractivity contribution in [2.24, 2.45) is 17.8 Å². The van der Waals surface area contributed by atoms with E-state index < -0.39 is 0 Å². The van der Waals surface area contributed by atoms with Gasteiger partial charge < -0.3 is 10.3 Å². The highest BCUT2D eigenvalue weighted by Gasteiger charge is 2.30. The molecule has 2 unspecified atom stereocenters. The van der Waals surface area contributed by atoms with E-state index in [1.165, 1.54) is 23.8 Å². The predicted octanol–water partition coefficient (Wildman–Crippen LogP) is 3.19. The van der Waals surface area contributed by atoms with Gasteiger partial charge in [-0.3, -0.25) is 14.2 Å². The summed E-state index contributed by atoms with van der Waals surface area (Å²) < 4.78 is 1.33. The van der Waals surface area contributed by atoms with E-state index in [2.05, 4.69) is 17.2 Å². The molecule has 0 bridgehead atoms. The van der Waals surface area contributed by atoms with Crippen LogP contribution in [-0.2, 0) is 11.3 Å². The van der Waals surface area contributed by atoms with E-state index in [4.69, 9.17) is 0 Å². The number of para-hydroxylation sites is 1. The molecule has 156 valence electrons. The third-order valence-electron chi connectivity index (χ3n) is 6.99. The van der Waals surface area contributed by atoms with E-state index in [0.717, 1.165) is 32.1 Å². The van der Waals surface area contributed by atoms with E-state index in [0.29, 0.717) is 29.4 Å². The summed E-state index contributed by atoms with van der Waals surface area (Å²) >= 11 is 0. The second kappa shape index (κ2) is 8.56. The quantitative estimate of drug-likeness (QED) is 0.831. The van der Waals surface area contributed by atoms with Crippen LogP contribution in [0.2, 0.25) is 0 Å². The van der Waals surface area contributed by atoms with Crippen LogP contribution in [0.4, 0.5) is 0 Å². The maximum Gasteiger partial charge on any atom is 0.328 e. The van der Waals surface area contributed by atoms with Gasteiger partial charge in [0.15, 0.2) is 0 Å². The van der Waals surface area contributed by atoms with E-state index >= 15 is 0 Å². The number of H-pyrrole nitrogens is 1. The average Bonchev–Trinajstić information content (AvgIpc) is 2.73. The number of aromatic nitrogens is 2. The standard InChI is InChI=1S/C23H31N3O3/c1-15-6-2-4-8-19(15)24-21(27)17-12-10-16(11-13-17)14-26-22(28)18-7-3-5-9-20(18)25-23(26)29/h3,5,7,9,15-17,19H,2,4,6,8,10-14H2,1H3,(H,24,27)(H,25,29). The molecule has 0 spiro atoms. The molecule has 1 aromatic heterocycles. The van der Waals surface area contributed by atoms with Crippen LogP contribution in [0.5, 0.6) is 0 Å². The lowest BCUT2D eigenvalue weighted by molar-refractivity contribution is -0.127. The zero-order chi connectivity index (χ0) is 20.4. The number of hydrogen-bond acceptors (Lipinski definition) is 3. The van der Waals surface area contributed by atoms with Crippen LogP contribution in [0.3, 0.4) is 0 Å². The number of carbonyl (C=O) groups is 1. The maximum absolute atomic E-state index is 12.7. The minimum atomic E-state index is -0.347. The molecule has 6 heteroatoms. The van der Waals surface area contributed by atoms with Crippen molar-refractivity contribution in [3.8, 4) is 0 Å². The van der Waals surface area contributed by atoms with Gasteiger partial charge in [0.2, 0.25) is 5.91 Å². The van der Waals surface area contributed by atoms with Gasteiger partial charge in [0.05, 0.1) is 10.9 Å². The molecule has 1 amide bonds. The Morgan fingerprint density at radius 1 is 1.07 bits per heavy atom. The Balaban J connectivity index is 1.37. The first kappa shape index (κ1) is 19.9. The minimum Gasteiger partial charge on any atom is -0.353 e. The second-order valence-corrected chi connectivity index (χ2v) is 8.99. The molecule has 2 aliphatic carbocycles. The zero-order valence-electron chi connectivity index (χ0n) is 17.2. The van der Waals surface area contributed by atoms with Gasteiger partial charge in [0.25, 0.3) is 5.56 Å². The van der Waals surface area contributed by atoms with Gasteiger partial charge >= 0.3 is 5.69 Å². The Hall–Kier alpha value is -2.37. The Morgan fingerprint density at radius 3 is 2.55 bits per heavy atom. The van der Waals surface area contributed by atoms with E-state index in [-0.39, 0.29) is 29.0 Å². The van der Waals surface area contributed by atoms with Gasteiger partial charge in [-0.15, -0.1) is 0 Å². The molecule has 0 saturated heterocycles. The largest absolute Gasteiger partial charge is 0.353 e. The number of rotatable bonds is 4. The van der Waals surface area contributed by atoms with E-state index in [1.807, 2.05) is 12.1 Å². The summed E-state index contributed by atoms with van der Waals surface area (Å²) in [5.74, 6) is 1.08. The number of benzene rings is 1. The number of carbonyl (C=O) groups excluding carboxylic acids is 1. The third-order valence-corrected chi connectivity index (χ3v) is 6.99. The molecule has 1 aromatic carbocycles. The highest BCUT2D eigenvalue weighted by molar-refractivity contribution is 5.79. The number of hydrogen-bond donors (Lipinski definition) is 2. The fourth-order valence-corrected chi connectivity index (χ4v) is 5.06. The molecule has 2 N–H and O–H groups in total. The van der Waals surface area contributed by atoms with Crippen molar-refractivity contribution in [1.82, 2.24) is 14.9 Å². The number of nitrogens with one attached hydrogen (secondary N) is 2. The minimum absolute atomic E-state index is 0.0620. The molecule has 0 aliphatic heterocycles. The van der Waals surface area contributed by atoms with Gasteiger partial charge in [-0.05, 0) is 62.5 Å². The molecule has 0 radical (unpaired) electrons. The molecule has 6 nitrogen and oxygen atoms in total. The van der Waals surface area contributed by atoms with Gasteiger partial charge in [-0.2, -0.15) is 0 Å². The molecular weight excluding hydrogens is 366 g/mol. The first-order valence-electron chi connectivity index (χ1n) is 11.0. The summed E-state index contributed by atoms with van der Waals surface area (Å²) in [5.41, 5.74) is 0.00595. The number of nitrogens with zero attached hydrogens (tertiary/aromatic N) is 1. The highest BCUT2D eigenvalue weighted by atomic mass is 16.2. The van der Waals surface area contributed by atoms with Crippen LogP contribution in [0.25, 0.3) is 10.9 Å². The smallest absolute Gasteiger partial charge is 0.328 e. The number of aromatic amines is 1. The molecule has 2 atom stereocenters. The first-order chi connectivity index (χ1) is 14.0. The topological polar surface area (TPSA) is 84.0 Å². The van der Waals surface area contributed by atoms with Crippen molar-refractivity contribution < 1.29 is 4.79 Å². The highest BCUT2D eigenvalue weighted by Crippen LogP contribution is 2.31. The first-order valence-corrected chi connectivity index (χ1v) is 11.0. The van der Waals surface area contributed by atoms with Gasteiger partial charge in [0, 0.05) is 18.5 Å². The third kappa shape index (κ3) is 4.31. The van der Waals surface area contributed by atoms with Crippen molar-refractivity contribution >= 4 is 16.8 Å². The summed E-state index contributed by atoms with van der Waals surface area (Å²) in [6.07, 6.45) is 8.18.